The summed E-state index contributed by atoms with van der Waals surface area (Å²) in [4.78, 5) is 12.9. The Morgan fingerprint density at radius 2 is 2.18 bits per heavy atom. The maximum atomic E-state index is 11.1. The molecule has 0 spiro atoms. The minimum absolute atomic E-state index is 0.143. The molecule has 1 aliphatic heterocycles. The van der Waals surface area contributed by atoms with Crippen molar-refractivity contribution in [2.45, 2.75) is 25.6 Å². The fraction of sp³-hybridized carbons (Fsp3) is 0.562. The van der Waals surface area contributed by atoms with Crippen LogP contribution in [-0.4, -0.2) is 51.3 Å². The van der Waals surface area contributed by atoms with Crippen LogP contribution in [0.1, 0.15) is 29.6 Å². The Morgan fingerprint density at radius 1 is 1.36 bits per heavy atom. The lowest BCUT2D eigenvalue weighted by molar-refractivity contribution is -0.165. The van der Waals surface area contributed by atoms with E-state index >= 15 is 0 Å². The van der Waals surface area contributed by atoms with Gasteiger partial charge in [-0.05, 0) is 37.5 Å². The standard InChI is InChI=1S/C16H23NO5/c1-17(2)13-7-6-12(16(18)19)11-14(13)20-9-10-22-15-5-3-4-8-21-15/h6-7,11,15H,3-5,8-10H2,1-2H3,(H,18,19). The van der Waals surface area contributed by atoms with Gasteiger partial charge in [-0.25, -0.2) is 4.79 Å². The zero-order valence-electron chi connectivity index (χ0n) is 13.1. The van der Waals surface area contributed by atoms with Gasteiger partial charge in [0.15, 0.2) is 6.29 Å². The summed E-state index contributed by atoms with van der Waals surface area (Å²) >= 11 is 0. The van der Waals surface area contributed by atoms with Gasteiger partial charge >= 0.3 is 5.97 Å². The second-order valence-electron chi connectivity index (χ2n) is 5.40. The maximum absolute atomic E-state index is 11.1. The number of carboxylic acids is 1. The third-order valence-corrected chi connectivity index (χ3v) is 3.47. The predicted molar refractivity (Wildman–Crippen MR) is 82.8 cm³/mol. The molecule has 0 bridgehead atoms. The largest absolute Gasteiger partial charge is 0.489 e. The summed E-state index contributed by atoms with van der Waals surface area (Å²) in [7, 11) is 3.77. The van der Waals surface area contributed by atoms with Crippen LogP contribution in [0.2, 0.25) is 0 Å². The summed E-state index contributed by atoms with van der Waals surface area (Å²) in [5.74, 6) is -0.430. The molecule has 0 aromatic heterocycles. The second kappa shape index (κ2) is 8.00. The van der Waals surface area contributed by atoms with Gasteiger partial charge in [0.2, 0.25) is 0 Å². The number of nitrogens with zero attached hydrogens (tertiary/aromatic N) is 1. The number of rotatable bonds is 7. The Labute approximate surface area is 130 Å². The van der Waals surface area contributed by atoms with Crippen molar-refractivity contribution in [2.75, 3.05) is 38.8 Å². The van der Waals surface area contributed by atoms with Crippen molar-refractivity contribution >= 4 is 11.7 Å². The number of hydrogen-bond donors (Lipinski definition) is 1. The van der Waals surface area contributed by atoms with Crippen LogP contribution >= 0.6 is 0 Å². The van der Waals surface area contributed by atoms with Crippen molar-refractivity contribution in [3.8, 4) is 5.75 Å². The van der Waals surface area contributed by atoms with Gasteiger partial charge in [0.1, 0.15) is 12.4 Å². The molecule has 22 heavy (non-hydrogen) atoms. The zero-order chi connectivity index (χ0) is 15.9. The van der Waals surface area contributed by atoms with Crippen LogP contribution in [0.4, 0.5) is 5.69 Å². The molecule has 1 unspecified atom stereocenters. The molecular formula is C16H23NO5. The quantitative estimate of drug-likeness (QED) is 0.780. The van der Waals surface area contributed by atoms with Gasteiger partial charge in [-0.3, -0.25) is 0 Å². The van der Waals surface area contributed by atoms with E-state index in [2.05, 4.69) is 0 Å². The molecule has 1 aliphatic rings. The molecule has 6 heteroatoms. The highest BCUT2D eigenvalue weighted by atomic mass is 16.7. The van der Waals surface area contributed by atoms with Crippen LogP contribution in [0.3, 0.4) is 0 Å². The average Bonchev–Trinajstić information content (AvgIpc) is 2.52. The Bertz CT molecular complexity index is 497. The van der Waals surface area contributed by atoms with E-state index < -0.39 is 5.97 Å². The van der Waals surface area contributed by atoms with Crippen molar-refractivity contribution in [1.29, 1.82) is 0 Å². The Morgan fingerprint density at radius 3 is 2.82 bits per heavy atom. The molecule has 1 atom stereocenters. The number of aromatic carboxylic acids is 1. The number of hydrogen-bond acceptors (Lipinski definition) is 5. The van der Waals surface area contributed by atoms with Gasteiger partial charge in [-0.1, -0.05) is 0 Å². The van der Waals surface area contributed by atoms with E-state index in [9.17, 15) is 4.79 Å². The highest BCUT2D eigenvalue weighted by Gasteiger charge is 2.14. The summed E-state index contributed by atoms with van der Waals surface area (Å²) in [6.45, 7) is 1.51. The van der Waals surface area contributed by atoms with E-state index in [-0.39, 0.29) is 11.9 Å². The van der Waals surface area contributed by atoms with Gasteiger partial charge in [-0.2, -0.15) is 0 Å². The van der Waals surface area contributed by atoms with E-state index in [0.29, 0.717) is 19.0 Å². The van der Waals surface area contributed by atoms with Gasteiger partial charge < -0.3 is 24.2 Å². The molecule has 1 aromatic rings. The predicted octanol–water partition coefficient (Wildman–Crippen LogP) is 2.37. The van der Waals surface area contributed by atoms with Gasteiger partial charge in [-0.15, -0.1) is 0 Å². The zero-order valence-corrected chi connectivity index (χ0v) is 13.1. The molecular weight excluding hydrogens is 286 g/mol. The highest BCUT2D eigenvalue weighted by Crippen LogP contribution is 2.28. The topological polar surface area (TPSA) is 68.2 Å². The minimum Gasteiger partial charge on any atom is -0.489 e. The number of ether oxygens (including phenoxy) is 3. The van der Waals surface area contributed by atoms with Gasteiger partial charge in [0.25, 0.3) is 0 Å². The summed E-state index contributed by atoms with van der Waals surface area (Å²) in [6, 6.07) is 4.84. The van der Waals surface area contributed by atoms with Crippen LogP contribution in [0.15, 0.2) is 18.2 Å². The number of benzene rings is 1. The van der Waals surface area contributed by atoms with Crippen molar-refractivity contribution in [2.24, 2.45) is 0 Å². The van der Waals surface area contributed by atoms with E-state index in [1.54, 1.807) is 12.1 Å². The molecule has 1 heterocycles. The fourth-order valence-electron chi connectivity index (χ4n) is 2.31. The molecule has 1 saturated heterocycles. The molecule has 0 amide bonds. The Kier molecular flexibility index (Phi) is 6.03. The smallest absolute Gasteiger partial charge is 0.335 e. The van der Waals surface area contributed by atoms with Crippen LogP contribution in [0, 0.1) is 0 Å². The summed E-state index contributed by atoms with van der Waals surface area (Å²) in [5.41, 5.74) is 1.04. The molecule has 1 fully saturated rings. The summed E-state index contributed by atoms with van der Waals surface area (Å²) in [5, 5.41) is 9.07. The monoisotopic (exact) mass is 309 g/mol. The Balaban J connectivity index is 1.89. The lowest BCUT2D eigenvalue weighted by atomic mass is 10.2. The molecule has 2 rings (SSSR count). The molecule has 1 N–H and O–H groups in total. The first-order chi connectivity index (χ1) is 10.6. The first-order valence-electron chi connectivity index (χ1n) is 7.48. The lowest BCUT2D eigenvalue weighted by Crippen LogP contribution is -2.24. The van der Waals surface area contributed by atoms with Gasteiger partial charge in [0.05, 0.1) is 17.9 Å². The molecule has 0 aliphatic carbocycles. The normalized spacial score (nSPS) is 18.0. The maximum Gasteiger partial charge on any atom is 0.335 e. The van der Waals surface area contributed by atoms with Crippen molar-refractivity contribution in [3.05, 3.63) is 23.8 Å². The Hall–Kier alpha value is -1.79. The third-order valence-electron chi connectivity index (χ3n) is 3.47. The average molecular weight is 309 g/mol. The van der Waals surface area contributed by atoms with E-state index in [1.165, 1.54) is 6.07 Å². The highest BCUT2D eigenvalue weighted by molar-refractivity contribution is 5.89. The van der Waals surface area contributed by atoms with Crippen molar-refractivity contribution < 1.29 is 24.1 Å². The van der Waals surface area contributed by atoms with E-state index in [0.717, 1.165) is 31.6 Å². The molecule has 6 nitrogen and oxygen atoms in total. The molecule has 1 aromatic carbocycles. The second-order valence-corrected chi connectivity index (χ2v) is 5.40. The van der Waals surface area contributed by atoms with Crippen LogP contribution in [0.5, 0.6) is 5.75 Å². The summed E-state index contributed by atoms with van der Waals surface area (Å²) in [6.07, 6.45) is 2.98. The van der Waals surface area contributed by atoms with Crippen molar-refractivity contribution in [1.82, 2.24) is 0 Å². The van der Waals surface area contributed by atoms with E-state index in [4.69, 9.17) is 19.3 Å². The summed E-state index contributed by atoms with van der Waals surface area (Å²) < 4.78 is 16.8. The first-order valence-corrected chi connectivity index (χ1v) is 7.48. The van der Waals surface area contributed by atoms with Crippen LogP contribution in [0.25, 0.3) is 0 Å². The third kappa shape index (κ3) is 4.61. The van der Waals surface area contributed by atoms with Crippen LogP contribution < -0.4 is 9.64 Å². The van der Waals surface area contributed by atoms with Crippen molar-refractivity contribution in [3.63, 3.8) is 0 Å². The molecule has 0 radical (unpaired) electrons. The van der Waals surface area contributed by atoms with Crippen LogP contribution in [-0.2, 0) is 9.47 Å². The minimum atomic E-state index is -0.970. The number of carboxylic acid groups (broad SMARTS) is 1. The number of carbonyl (C=O) groups is 1. The number of anilines is 1. The fourth-order valence-corrected chi connectivity index (χ4v) is 2.31. The molecule has 0 saturated carbocycles. The van der Waals surface area contributed by atoms with Gasteiger partial charge in [0, 0.05) is 20.7 Å². The van der Waals surface area contributed by atoms with E-state index in [1.807, 2.05) is 19.0 Å². The lowest BCUT2D eigenvalue weighted by Gasteiger charge is -2.23. The molecule has 122 valence electrons. The SMILES string of the molecule is CN(C)c1ccc(C(=O)O)cc1OCCOC1CCCCO1. The first kappa shape index (κ1) is 16.6.